The molecule has 1 N–H and O–H groups in total. The van der Waals surface area contributed by atoms with E-state index in [9.17, 15) is 13.2 Å². The zero-order chi connectivity index (χ0) is 19.2. The van der Waals surface area contributed by atoms with Crippen LogP contribution in [0.25, 0.3) is 0 Å². The number of hydrogen-bond donors (Lipinski definition) is 1. The SMILES string of the molecule is CCNS(=O)(=O)c1ccc(C)c(C(=O)OCc2ccccc2OCC)c1. The highest BCUT2D eigenvalue weighted by Crippen LogP contribution is 2.21. The van der Waals surface area contributed by atoms with Gasteiger partial charge in [0.05, 0.1) is 17.1 Å². The summed E-state index contributed by atoms with van der Waals surface area (Å²) in [5.74, 6) is 0.0744. The second kappa shape index (κ2) is 8.82. The van der Waals surface area contributed by atoms with Crippen molar-refractivity contribution in [2.24, 2.45) is 0 Å². The molecule has 0 aliphatic rings. The van der Waals surface area contributed by atoms with Crippen molar-refractivity contribution in [3.8, 4) is 5.75 Å². The Morgan fingerprint density at radius 2 is 1.85 bits per heavy atom. The van der Waals surface area contributed by atoms with Gasteiger partial charge in [0.15, 0.2) is 0 Å². The molecule has 140 valence electrons. The Kier molecular flexibility index (Phi) is 6.76. The predicted molar refractivity (Wildman–Crippen MR) is 98.8 cm³/mol. The molecule has 0 atom stereocenters. The molecule has 0 aromatic heterocycles. The summed E-state index contributed by atoms with van der Waals surface area (Å²) >= 11 is 0. The maximum absolute atomic E-state index is 12.5. The molecule has 0 aliphatic carbocycles. The van der Waals surface area contributed by atoms with Crippen molar-refractivity contribution in [3.05, 3.63) is 59.2 Å². The summed E-state index contributed by atoms with van der Waals surface area (Å²) in [4.78, 5) is 12.5. The molecule has 0 spiro atoms. The van der Waals surface area contributed by atoms with Gasteiger partial charge in [-0.2, -0.15) is 0 Å². The molecule has 0 fully saturated rings. The smallest absolute Gasteiger partial charge is 0.338 e. The van der Waals surface area contributed by atoms with E-state index in [4.69, 9.17) is 9.47 Å². The molecule has 0 saturated carbocycles. The summed E-state index contributed by atoms with van der Waals surface area (Å²) < 4.78 is 37.6. The highest BCUT2D eigenvalue weighted by molar-refractivity contribution is 7.89. The van der Waals surface area contributed by atoms with E-state index in [2.05, 4.69) is 4.72 Å². The Labute approximate surface area is 154 Å². The zero-order valence-corrected chi connectivity index (χ0v) is 15.9. The fourth-order valence-electron chi connectivity index (χ4n) is 2.40. The Balaban J connectivity index is 2.20. The average Bonchev–Trinajstić information content (AvgIpc) is 2.61. The van der Waals surface area contributed by atoms with Crippen LogP contribution in [0.4, 0.5) is 0 Å². The summed E-state index contributed by atoms with van der Waals surface area (Å²) in [6.07, 6.45) is 0. The van der Waals surface area contributed by atoms with E-state index >= 15 is 0 Å². The fraction of sp³-hybridized carbons (Fsp3) is 0.316. The van der Waals surface area contributed by atoms with Crippen LogP contribution in [0.3, 0.4) is 0 Å². The van der Waals surface area contributed by atoms with Gasteiger partial charge in [0.2, 0.25) is 10.0 Å². The molecule has 0 heterocycles. The molecule has 6 nitrogen and oxygen atoms in total. The number of sulfonamides is 1. The second-order valence-electron chi connectivity index (χ2n) is 5.59. The molecule has 0 bridgehead atoms. The van der Waals surface area contributed by atoms with Crippen LogP contribution in [0.5, 0.6) is 5.75 Å². The van der Waals surface area contributed by atoms with Gasteiger partial charge in [-0.05, 0) is 37.6 Å². The van der Waals surface area contributed by atoms with E-state index in [1.54, 1.807) is 19.9 Å². The third kappa shape index (κ3) is 4.83. The lowest BCUT2D eigenvalue weighted by atomic mass is 10.1. The lowest BCUT2D eigenvalue weighted by Crippen LogP contribution is -2.23. The first-order valence-electron chi connectivity index (χ1n) is 8.37. The number of benzene rings is 2. The molecule has 0 aliphatic heterocycles. The lowest BCUT2D eigenvalue weighted by Gasteiger charge is -2.12. The van der Waals surface area contributed by atoms with Crippen molar-refractivity contribution in [2.75, 3.05) is 13.2 Å². The summed E-state index contributed by atoms with van der Waals surface area (Å²) in [6, 6.07) is 11.7. The van der Waals surface area contributed by atoms with Gasteiger partial charge in [-0.25, -0.2) is 17.9 Å². The standard InChI is InChI=1S/C19H23NO5S/c1-4-20-26(22,23)16-11-10-14(3)17(12-16)19(21)25-13-15-8-6-7-9-18(15)24-5-2/h6-12,20H,4-5,13H2,1-3H3. The van der Waals surface area contributed by atoms with Gasteiger partial charge in [0.25, 0.3) is 0 Å². The summed E-state index contributed by atoms with van der Waals surface area (Å²) in [6.45, 7) is 6.12. The van der Waals surface area contributed by atoms with E-state index in [1.165, 1.54) is 12.1 Å². The van der Waals surface area contributed by atoms with Gasteiger partial charge in [-0.15, -0.1) is 0 Å². The molecule has 2 aromatic rings. The minimum atomic E-state index is -3.64. The van der Waals surface area contributed by atoms with E-state index in [0.29, 0.717) is 17.9 Å². The number of esters is 1. The molecule has 2 aromatic carbocycles. The van der Waals surface area contributed by atoms with E-state index < -0.39 is 16.0 Å². The van der Waals surface area contributed by atoms with Crippen LogP contribution in [-0.2, 0) is 21.4 Å². The maximum Gasteiger partial charge on any atom is 0.338 e. The highest BCUT2D eigenvalue weighted by atomic mass is 32.2. The molecule has 2 rings (SSSR count). The highest BCUT2D eigenvalue weighted by Gasteiger charge is 2.18. The van der Waals surface area contributed by atoms with E-state index in [-0.39, 0.29) is 23.6 Å². The molecule has 0 saturated heterocycles. The molecule has 0 radical (unpaired) electrons. The molecule has 26 heavy (non-hydrogen) atoms. The normalized spacial score (nSPS) is 11.2. The number of hydrogen-bond acceptors (Lipinski definition) is 5. The topological polar surface area (TPSA) is 81.7 Å². The van der Waals surface area contributed by atoms with Crippen molar-refractivity contribution in [2.45, 2.75) is 32.3 Å². The summed E-state index contributed by atoms with van der Waals surface area (Å²) in [5, 5.41) is 0. The number of ether oxygens (including phenoxy) is 2. The van der Waals surface area contributed by atoms with Crippen molar-refractivity contribution >= 4 is 16.0 Å². The maximum atomic E-state index is 12.5. The van der Waals surface area contributed by atoms with Crippen LogP contribution >= 0.6 is 0 Å². The Hall–Kier alpha value is -2.38. The van der Waals surface area contributed by atoms with Crippen molar-refractivity contribution in [1.82, 2.24) is 4.72 Å². The average molecular weight is 377 g/mol. The first kappa shape index (κ1) is 19.9. The third-order valence-electron chi connectivity index (χ3n) is 3.70. The van der Waals surface area contributed by atoms with Crippen LogP contribution < -0.4 is 9.46 Å². The van der Waals surface area contributed by atoms with Crippen molar-refractivity contribution in [1.29, 1.82) is 0 Å². The van der Waals surface area contributed by atoms with E-state index in [0.717, 1.165) is 5.56 Å². The van der Waals surface area contributed by atoms with Gasteiger partial charge >= 0.3 is 5.97 Å². The molecular formula is C19H23NO5S. The van der Waals surface area contributed by atoms with E-state index in [1.807, 2.05) is 31.2 Å². The van der Waals surface area contributed by atoms with Gasteiger partial charge < -0.3 is 9.47 Å². The lowest BCUT2D eigenvalue weighted by molar-refractivity contribution is 0.0468. The Bertz CT molecular complexity index is 877. The Morgan fingerprint density at radius 3 is 2.54 bits per heavy atom. The van der Waals surface area contributed by atoms with Gasteiger partial charge in [-0.3, -0.25) is 0 Å². The number of para-hydroxylation sites is 1. The molecule has 0 unspecified atom stereocenters. The van der Waals surface area contributed by atoms with Gasteiger partial charge in [0.1, 0.15) is 12.4 Å². The van der Waals surface area contributed by atoms with Gasteiger partial charge in [0, 0.05) is 12.1 Å². The number of carbonyl (C=O) groups excluding carboxylic acids is 1. The largest absolute Gasteiger partial charge is 0.493 e. The monoisotopic (exact) mass is 377 g/mol. The molecular weight excluding hydrogens is 354 g/mol. The minimum Gasteiger partial charge on any atom is -0.493 e. The van der Waals surface area contributed by atoms with Crippen LogP contribution in [0.2, 0.25) is 0 Å². The predicted octanol–water partition coefficient (Wildman–Crippen LogP) is 3.05. The van der Waals surface area contributed by atoms with Crippen LogP contribution in [-0.4, -0.2) is 27.5 Å². The van der Waals surface area contributed by atoms with Crippen LogP contribution in [0.15, 0.2) is 47.4 Å². The number of aryl methyl sites for hydroxylation is 1. The van der Waals surface area contributed by atoms with Crippen molar-refractivity contribution < 1.29 is 22.7 Å². The fourth-order valence-corrected chi connectivity index (χ4v) is 3.47. The number of rotatable bonds is 8. The molecule has 7 heteroatoms. The zero-order valence-electron chi connectivity index (χ0n) is 15.1. The minimum absolute atomic E-state index is 0.0339. The second-order valence-corrected chi connectivity index (χ2v) is 7.36. The number of carbonyl (C=O) groups is 1. The van der Waals surface area contributed by atoms with Crippen LogP contribution in [0.1, 0.15) is 35.3 Å². The third-order valence-corrected chi connectivity index (χ3v) is 5.25. The summed E-state index contributed by atoms with van der Waals surface area (Å²) in [7, 11) is -3.64. The summed E-state index contributed by atoms with van der Waals surface area (Å²) in [5.41, 5.74) is 1.61. The quantitative estimate of drug-likeness (QED) is 0.715. The Morgan fingerprint density at radius 1 is 1.12 bits per heavy atom. The van der Waals surface area contributed by atoms with Crippen molar-refractivity contribution in [3.63, 3.8) is 0 Å². The molecule has 0 amide bonds. The van der Waals surface area contributed by atoms with Crippen LogP contribution in [0, 0.1) is 6.92 Å². The first-order chi connectivity index (χ1) is 12.4. The first-order valence-corrected chi connectivity index (χ1v) is 9.85. The van der Waals surface area contributed by atoms with Gasteiger partial charge in [-0.1, -0.05) is 31.2 Å². The number of nitrogens with one attached hydrogen (secondary N) is 1.